The zero-order valence-corrected chi connectivity index (χ0v) is 18.9. The molecule has 1 atom stereocenters. The molecule has 0 spiro atoms. The number of aryl methyl sites for hydroxylation is 1. The van der Waals surface area contributed by atoms with E-state index in [2.05, 4.69) is 34.6 Å². The van der Waals surface area contributed by atoms with Crippen LogP contribution in [0.15, 0.2) is 84.9 Å². The van der Waals surface area contributed by atoms with Crippen LogP contribution in [0.3, 0.4) is 0 Å². The first-order chi connectivity index (χ1) is 15.6. The van der Waals surface area contributed by atoms with Crippen molar-refractivity contribution >= 4 is 38.8 Å². The molecular formula is C26H20ClN3OS. The van der Waals surface area contributed by atoms with Gasteiger partial charge in [-0.05, 0) is 41.5 Å². The topological polar surface area (TPSA) is 58.0 Å². The Morgan fingerprint density at radius 2 is 1.72 bits per heavy atom. The molecule has 0 amide bonds. The van der Waals surface area contributed by atoms with E-state index in [4.69, 9.17) is 11.6 Å². The lowest BCUT2D eigenvalue weighted by Gasteiger charge is -2.22. The largest absolute Gasteiger partial charge is 0.508 e. The Balaban J connectivity index is 1.60. The van der Waals surface area contributed by atoms with Crippen molar-refractivity contribution in [1.29, 1.82) is 0 Å². The first-order valence-corrected chi connectivity index (χ1v) is 11.4. The maximum Gasteiger partial charge on any atom is 0.206 e. The Bertz CT molecular complexity index is 1400. The summed E-state index contributed by atoms with van der Waals surface area (Å²) in [6.07, 6.45) is 0. The van der Waals surface area contributed by atoms with Crippen molar-refractivity contribution in [3.8, 4) is 16.3 Å². The smallest absolute Gasteiger partial charge is 0.206 e. The van der Waals surface area contributed by atoms with E-state index in [1.165, 1.54) is 16.9 Å². The van der Waals surface area contributed by atoms with Gasteiger partial charge in [-0.2, -0.15) is 0 Å². The number of nitrogens with one attached hydrogen (secondary N) is 1. The molecular weight excluding hydrogens is 438 g/mol. The van der Waals surface area contributed by atoms with E-state index >= 15 is 0 Å². The minimum atomic E-state index is -0.362. The van der Waals surface area contributed by atoms with Crippen molar-refractivity contribution < 1.29 is 5.11 Å². The van der Waals surface area contributed by atoms with E-state index in [1.807, 2.05) is 66.7 Å². The van der Waals surface area contributed by atoms with Crippen LogP contribution in [-0.4, -0.2) is 15.3 Å². The van der Waals surface area contributed by atoms with Crippen LogP contribution in [0, 0.1) is 6.92 Å². The Labute approximate surface area is 195 Å². The Morgan fingerprint density at radius 1 is 0.906 bits per heavy atom. The summed E-state index contributed by atoms with van der Waals surface area (Å²) < 4.78 is 0. The number of nitrogens with zero attached hydrogens (tertiary/aromatic N) is 2. The zero-order valence-electron chi connectivity index (χ0n) is 17.3. The van der Waals surface area contributed by atoms with Gasteiger partial charge in [-0.3, -0.25) is 0 Å². The quantitative estimate of drug-likeness (QED) is 0.292. The van der Waals surface area contributed by atoms with Crippen LogP contribution < -0.4 is 5.32 Å². The number of phenolic OH excluding ortho intramolecular Hbond substituents is 1. The molecule has 0 fully saturated rings. The average Bonchev–Trinajstić information content (AvgIpc) is 3.27. The highest BCUT2D eigenvalue weighted by Crippen LogP contribution is 2.39. The summed E-state index contributed by atoms with van der Waals surface area (Å²) in [6.45, 7) is 2.06. The maximum atomic E-state index is 10.9. The summed E-state index contributed by atoms with van der Waals surface area (Å²) in [5.74, 6) is 0.212. The van der Waals surface area contributed by atoms with Crippen molar-refractivity contribution in [2.45, 2.75) is 13.0 Å². The zero-order chi connectivity index (χ0) is 22.1. The lowest BCUT2D eigenvalue weighted by atomic mass is 9.93. The molecule has 158 valence electrons. The molecule has 4 nitrogen and oxygen atoms in total. The van der Waals surface area contributed by atoms with Crippen molar-refractivity contribution in [2.24, 2.45) is 0 Å². The van der Waals surface area contributed by atoms with Gasteiger partial charge in [0.25, 0.3) is 0 Å². The Morgan fingerprint density at radius 3 is 2.53 bits per heavy atom. The third-order valence-corrected chi connectivity index (χ3v) is 6.55. The number of rotatable bonds is 5. The molecule has 0 aliphatic heterocycles. The van der Waals surface area contributed by atoms with Crippen LogP contribution in [0.25, 0.3) is 21.3 Å². The van der Waals surface area contributed by atoms with Gasteiger partial charge in [0.05, 0.1) is 6.04 Å². The second-order valence-electron chi connectivity index (χ2n) is 7.63. The summed E-state index contributed by atoms with van der Waals surface area (Å²) in [7, 11) is 0. The fraction of sp³-hybridized carbons (Fsp3) is 0.0769. The second-order valence-corrected chi connectivity index (χ2v) is 9.04. The molecule has 1 unspecified atom stereocenters. The van der Waals surface area contributed by atoms with E-state index in [0.29, 0.717) is 10.2 Å². The van der Waals surface area contributed by atoms with Gasteiger partial charge in [0.1, 0.15) is 10.8 Å². The predicted octanol–water partition coefficient (Wildman–Crippen LogP) is 7.23. The number of fused-ring (bicyclic) bond motifs is 1. The molecule has 32 heavy (non-hydrogen) atoms. The third kappa shape index (κ3) is 4.05. The molecule has 6 heteroatoms. The van der Waals surface area contributed by atoms with Gasteiger partial charge in [-0.1, -0.05) is 95.2 Å². The highest BCUT2D eigenvalue weighted by atomic mass is 35.5. The van der Waals surface area contributed by atoms with Gasteiger partial charge in [0.2, 0.25) is 5.13 Å². The fourth-order valence-electron chi connectivity index (χ4n) is 3.81. The van der Waals surface area contributed by atoms with E-state index < -0.39 is 0 Å². The van der Waals surface area contributed by atoms with E-state index in [0.717, 1.165) is 32.5 Å². The van der Waals surface area contributed by atoms with Crippen molar-refractivity contribution in [2.75, 3.05) is 5.32 Å². The standard InChI is InChI=1S/C26H20ClN3OS/c1-16-9-11-18(12-10-16)25-29-30-26(32-25)28-24(19-6-4-7-20(27)15-19)23-21-8-3-2-5-17(21)13-14-22(23)31/h2-15,24,31H,1H3,(H,28,30). The number of anilines is 1. The lowest BCUT2D eigenvalue weighted by molar-refractivity contribution is 0.468. The van der Waals surface area contributed by atoms with Gasteiger partial charge in [0.15, 0.2) is 0 Å². The summed E-state index contributed by atoms with van der Waals surface area (Å²) >= 11 is 7.80. The minimum Gasteiger partial charge on any atom is -0.508 e. The molecule has 0 bridgehead atoms. The van der Waals surface area contributed by atoms with Gasteiger partial charge >= 0.3 is 0 Å². The van der Waals surface area contributed by atoms with E-state index in [1.54, 1.807) is 6.07 Å². The first kappa shape index (κ1) is 20.5. The summed E-state index contributed by atoms with van der Waals surface area (Å²) in [5.41, 5.74) is 3.92. The number of hydrogen-bond donors (Lipinski definition) is 2. The van der Waals surface area contributed by atoms with Gasteiger partial charge in [0, 0.05) is 16.1 Å². The molecule has 2 N–H and O–H groups in total. The molecule has 5 aromatic rings. The third-order valence-electron chi connectivity index (χ3n) is 5.41. The monoisotopic (exact) mass is 457 g/mol. The molecule has 0 aliphatic carbocycles. The number of hydrogen-bond acceptors (Lipinski definition) is 5. The van der Waals surface area contributed by atoms with Crippen LogP contribution in [0.1, 0.15) is 22.7 Å². The van der Waals surface area contributed by atoms with Crippen molar-refractivity contribution in [1.82, 2.24) is 10.2 Å². The SMILES string of the molecule is Cc1ccc(-c2nnc(NC(c3cccc(Cl)c3)c3c(O)ccc4ccccc34)s2)cc1. The molecule has 5 rings (SSSR count). The molecule has 0 radical (unpaired) electrons. The van der Waals surface area contributed by atoms with Crippen molar-refractivity contribution in [3.05, 3.63) is 107 Å². The number of aromatic nitrogens is 2. The van der Waals surface area contributed by atoms with Crippen LogP contribution in [0.2, 0.25) is 5.02 Å². The number of phenols is 1. The Kier molecular flexibility index (Phi) is 5.52. The maximum absolute atomic E-state index is 10.9. The summed E-state index contributed by atoms with van der Waals surface area (Å²) in [6, 6.07) is 27.2. The Hall–Kier alpha value is -3.41. The lowest BCUT2D eigenvalue weighted by Crippen LogP contribution is -2.13. The van der Waals surface area contributed by atoms with Crippen LogP contribution >= 0.6 is 22.9 Å². The van der Waals surface area contributed by atoms with Crippen LogP contribution in [-0.2, 0) is 0 Å². The van der Waals surface area contributed by atoms with Gasteiger partial charge < -0.3 is 10.4 Å². The van der Waals surface area contributed by atoms with Crippen molar-refractivity contribution in [3.63, 3.8) is 0 Å². The van der Waals surface area contributed by atoms with Gasteiger partial charge in [-0.15, -0.1) is 10.2 Å². The highest BCUT2D eigenvalue weighted by molar-refractivity contribution is 7.18. The van der Waals surface area contributed by atoms with Crippen LogP contribution in [0.4, 0.5) is 5.13 Å². The summed E-state index contributed by atoms with van der Waals surface area (Å²) in [4.78, 5) is 0. The second kappa shape index (κ2) is 8.61. The molecule has 1 heterocycles. The molecule has 1 aromatic heterocycles. The number of aromatic hydroxyl groups is 1. The predicted molar refractivity (Wildman–Crippen MR) is 133 cm³/mol. The molecule has 0 saturated carbocycles. The highest BCUT2D eigenvalue weighted by Gasteiger charge is 2.22. The van der Waals surface area contributed by atoms with E-state index in [9.17, 15) is 5.11 Å². The average molecular weight is 458 g/mol. The van der Waals surface area contributed by atoms with Crippen LogP contribution in [0.5, 0.6) is 5.75 Å². The molecule has 4 aromatic carbocycles. The number of benzene rings is 4. The molecule has 0 saturated heterocycles. The fourth-order valence-corrected chi connectivity index (χ4v) is 4.79. The summed E-state index contributed by atoms with van der Waals surface area (Å²) in [5, 5.41) is 27.3. The number of halogens is 1. The normalized spacial score (nSPS) is 12.1. The molecule has 0 aliphatic rings. The van der Waals surface area contributed by atoms with E-state index in [-0.39, 0.29) is 11.8 Å². The first-order valence-electron chi connectivity index (χ1n) is 10.2. The van der Waals surface area contributed by atoms with Gasteiger partial charge in [-0.25, -0.2) is 0 Å². The minimum absolute atomic E-state index is 0.212.